The van der Waals surface area contributed by atoms with Gasteiger partial charge >= 0.3 is 0 Å². The van der Waals surface area contributed by atoms with Crippen LogP contribution < -0.4 is 4.74 Å². The van der Waals surface area contributed by atoms with Crippen molar-refractivity contribution < 1.29 is 9.53 Å². The number of hydrogen-bond donors (Lipinski definition) is 0. The molecule has 2 nitrogen and oxygen atoms in total. The first kappa shape index (κ1) is 9.78. The van der Waals surface area contributed by atoms with Crippen LogP contribution in [0.5, 0.6) is 5.75 Å². The molecule has 0 aliphatic heterocycles. The molecule has 13 heavy (non-hydrogen) atoms. The van der Waals surface area contributed by atoms with Crippen molar-refractivity contribution in [1.29, 1.82) is 0 Å². The Hall–Kier alpha value is -1.31. The Bertz CT molecular complexity index is 303. The second kappa shape index (κ2) is 4.08. The first-order valence-electron chi connectivity index (χ1n) is 4.36. The summed E-state index contributed by atoms with van der Waals surface area (Å²) in [5, 5.41) is 0. The Balaban J connectivity index is 3.10. The molecule has 0 N–H and O–H groups in total. The molecule has 0 aliphatic rings. The topological polar surface area (TPSA) is 26.3 Å². The van der Waals surface area contributed by atoms with Crippen LogP contribution in [0.3, 0.4) is 0 Å². The molecule has 0 saturated heterocycles. The van der Waals surface area contributed by atoms with Gasteiger partial charge in [0.05, 0.1) is 0 Å². The molecular weight excluding hydrogens is 164 g/mol. The predicted molar refractivity (Wildman–Crippen MR) is 52.0 cm³/mol. The first-order chi connectivity index (χ1) is 6.15. The van der Waals surface area contributed by atoms with Crippen molar-refractivity contribution in [2.75, 3.05) is 0 Å². The summed E-state index contributed by atoms with van der Waals surface area (Å²) in [4.78, 5) is 10.2. The minimum Gasteiger partial charge on any atom is -0.428 e. The second-order valence-corrected chi connectivity index (χ2v) is 3.41. The van der Waals surface area contributed by atoms with Gasteiger partial charge in [-0.15, -0.1) is 0 Å². The zero-order valence-electron chi connectivity index (χ0n) is 8.20. The van der Waals surface area contributed by atoms with E-state index < -0.39 is 0 Å². The van der Waals surface area contributed by atoms with Crippen LogP contribution in [0.4, 0.5) is 0 Å². The van der Waals surface area contributed by atoms with Gasteiger partial charge in [0.1, 0.15) is 5.75 Å². The van der Waals surface area contributed by atoms with Crippen molar-refractivity contribution in [2.45, 2.75) is 26.7 Å². The summed E-state index contributed by atoms with van der Waals surface area (Å²) in [5.74, 6) is 1.04. The molecule has 1 rings (SSSR count). The van der Waals surface area contributed by atoms with E-state index >= 15 is 0 Å². The Kier molecular flexibility index (Phi) is 3.07. The molecule has 1 aromatic rings. The Morgan fingerprint density at radius 3 is 2.62 bits per heavy atom. The van der Waals surface area contributed by atoms with E-state index in [1.165, 1.54) is 0 Å². The van der Waals surface area contributed by atoms with Gasteiger partial charge in [0.2, 0.25) is 0 Å². The first-order valence-corrected chi connectivity index (χ1v) is 4.36. The Labute approximate surface area is 78.5 Å². The van der Waals surface area contributed by atoms with Crippen molar-refractivity contribution in [2.24, 2.45) is 0 Å². The summed E-state index contributed by atoms with van der Waals surface area (Å²) in [6.45, 7) is 6.59. The van der Waals surface area contributed by atoms with Gasteiger partial charge in [0.15, 0.2) is 0 Å². The normalized spacial score (nSPS) is 10.2. The van der Waals surface area contributed by atoms with E-state index in [1.807, 2.05) is 25.1 Å². The smallest absolute Gasteiger partial charge is 0.298 e. The number of ether oxygens (including phenoxy) is 1. The highest BCUT2D eigenvalue weighted by molar-refractivity contribution is 5.49. The monoisotopic (exact) mass is 178 g/mol. The molecule has 0 radical (unpaired) electrons. The van der Waals surface area contributed by atoms with Gasteiger partial charge in [-0.1, -0.05) is 26.0 Å². The minimum atomic E-state index is 0.371. The maximum atomic E-state index is 10.2. The fourth-order valence-electron chi connectivity index (χ4n) is 1.27. The van der Waals surface area contributed by atoms with Crippen molar-refractivity contribution in [3.8, 4) is 5.75 Å². The van der Waals surface area contributed by atoms with Crippen LogP contribution >= 0.6 is 0 Å². The third-order valence-corrected chi connectivity index (χ3v) is 1.97. The van der Waals surface area contributed by atoms with Gasteiger partial charge < -0.3 is 4.74 Å². The zero-order chi connectivity index (χ0) is 9.84. The van der Waals surface area contributed by atoms with Crippen LogP contribution in [-0.4, -0.2) is 6.47 Å². The van der Waals surface area contributed by atoms with Crippen LogP contribution in [0.15, 0.2) is 18.2 Å². The molecule has 0 amide bonds. The van der Waals surface area contributed by atoms with Crippen molar-refractivity contribution in [1.82, 2.24) is 0 Å². The number of benzene rings is 1. The molecule has 0 aromatic heterocycles. The van der Waals surface area contributed by atoms with Crippen molar-refractivity contribution in [3.05, 3.63) is 29.3 Å². The number of hydrogen-bond acceptors (Lipinski definition) is 2. The van der Waals surface area contributed by atoms with Gasteiger partial charge in [0, 0.05) is 0 Å². The number of carbonyl (C=O) groups excluding carboxylic acids is 1. The predicted octanol–water partition coefficient (Wildman–Crippen LogP) is 2.65. The maximum Gasteiger partial charge on any atom is 0.298 e. The lowest BCUT2D eigenvalue weighted by Gasteiger charge is -2.10. The largest absolute Gasteiger partial charge is 0.428 e. The lowest BCUT2D eigenvalue weighted by molar-refractivity contribution is -0.120. The Morgan fingerprint density at radius 2 is 2.08 bits per heavy atom. The fourth-order valence-corrected chi connectivity index (χ4v) is 1.27. The van der Waals surface area contributed by atoms with Crippen LogP contribution in [0.25, 0.3) is 0 Å². The quantitative estimate of drug-likeness (QED) is 0.665. The lowest BCUT2D eigenvalue weighted by Crippen LogP contribution is -1.96. The third-order valence-electron chi connectivity index (χ3n) is 1.97. The van der Waals surface area contributed by atoms with Gasteiger partial charge in [-0.3, -0.25) is 4.79 Å². The summed E-state index contributed by atoms with van der Waals surface area (Å²) >= 11 is 0. The van der Waals surface area contributed by atoms with Crippen LogP contribution in [0, 0.1) is 6.92 Å². The standard InChI is InChI=1S/C11H14O2/c1-8(2)10-5-4-9(3)6-11(10)13-7-12/h4-8H,1-3H3. The summed E-state index contributed by atoms with van der Waals surface area (Å²) in [6.07, 6.45) is 0. The summed E-state index contributed by atoms with van der Waals surface area (Å²) in [5.41, 5.74) is 2.17. The molecular formula is C11H14O2. The van der Waals surface area contributed by atoms with Gasteiger partial charge in [-0.2, -0.15) is 0 Å². The molecule has 0 atom stereocenters. The highest BCUT2D eigenvalue weighted by Crippen LogP contribution is 2.26. The number of aryl methyl sites for hydroxylation is 1. The van der Waals surface area contributed by atoms with Gasteiger partial charge in [-0.05, 0) is 30.0 Å². The lowest BCUT2D eigenvalue weighted by atomic mass is 10.0. The summed E-state index contributed by atoms with van der Waals surface area (Å²) in [7, 11) is 0. The summed E-state index contributed by atoms with van der Waals surface area (Å²) in [6, 6.07) is 5.90. The van der Waals surface area contributed by atoms with Crippen molar-refractivity contribution in [3.63, 3.8) is 0 Å². The van der Waals surface area contributed by atoms with E-state index in [9.17, 15) is 4.79 Å². The molecule has 2 heteroatoms. The molecule has 0 bridgehead atoms. The summed E-state index contributed by atoms with van der Waals surface area (Å²) < 4.78 is 4.90. The highest BCUT2D eigenvalue weighted by atomic mass is 16.5. The second-order valence-electron chi connectivity index (χ2n) is 3.41. The van der Waals surface area contributed by atoms with E-state index in [-0.39, 0.29) is 0 Å². The molecule has 0 saturated carbocycles. The molecule has 0 unspecified atom stereocenters. The van der Waals surface area contributed by atoms with E-state index in [0.717, 1.165) is 11.1 Å². The van der Waals surface area contributed by atoms with E-state index in [4.69, 9.17) is 4.74 Å². The molecule has 0 spiro atoms. The number of rotatable bonds is 3. The van der Waals surface area contributed by atoms with Crippen LogP contribution in [-0.2, 0) is 4.79 Å². The van der Waals surface area contributed by atoms with Crippen LogP contribution in [0.1, 0.15) is 30.9 Å². The average molecular weight is 178 g/mol. The third kappa shape index (κ3) is 2.31. The SMILES string of the molecule is Cc1ccc(C(C)C)c(OC=O)c1. The fraction of sp³-hybridized carbons (Fsp3) is 0.364. The molecule has 1 aromatic carbocycles. The van der Waals surface area contributed by atoms with E-state index in [1.54, 1.807) is 0 Å². The Morgan fingerprint density at radius 1 is 1.38 bits per heavy atom. The molecule has 0 heterocycles. The van der Waals surface area contributed by atoms with Gasteiger partial charge in [0.25, 0.3) is 6.47 Å². The number of carbonyl (C=O) groups is 1. The van der Waals surface area contributed by atoms with Crippen LogP contribution in [0.2, 0.25) is 0 Å². The average Bonchev–Trinajstić information content (AvgIpc) is 2.04. The maximum absolute atomic E-state index is 10.2. The van der Waals surface area contributed by atoms with E-state index in [2.05, 4.69) is 13.8 Å². The molecule has 70 valence electrons. The highest BCUT2D eigenvalue weighted by Gasteiger charge is 2.07. The van der Waals surface area contributed by atoms with E-state index in [0.29, 0.717) is 18.1 Å². The van der Waals surface area contributed by atoms with Crippen molar-refractivity contribution >= 4 is 6.47 Å². The van der Waals surface area contributed by atoms with Gasteiger partial charge in [-0.25, -0.2) is 0 Å². The molecule has 0 fully saturated rings. The molecule has 0 aliphatic carbocycles. The zero-order valence-corrected chi connectivity index (χ0v) is 8.20. The minimum absolute atomic E-state index is 0.371.